The van der Waals surface area contributed by atoms with Gasteiger partial charge in [0, 0.05) is 11.8 Å². The molecule has 1 rings (SSSR count). The van der Waals surface area contributed by atoms with Crippen molar-refractivity contribution in [2.75, 3.05) is 12.8 Å². The maximum absolute atomic E-state index is 10.7. The molecule has 4 heteroatoms. The van der Waals surface area contributed by atoms with Crippen LogP contribution in [0.3, 0.4) is 0 Å². The van der Waals surface area contributed by atoms with Gasteiger partial charge in [-0.3, -0.25) is 0 Å². The number of ether oxygens (including phenoxy) is 1. The summed E-state index contributed by atoms with van der Waals surface area (Å²) in [5.74, 6) is 0.443. The van der Waals surface area contributed by atoms with Crippen LogP contribution in [0, 0.1) is 0 Å². The summed E-state index contributed by atoms with van der Waals surface area (Å²) in [6, 6.07) is 4.47. The zero-order valence-corrected chi connectivity index (χ0v) is 9.75. The Morgan fingerprint density at radius 1 is 1.45 bits per heavy atom. The van der Waals surface area contributed by atoms with E-state index in [0.717, 1.165) is 0 Å². The average molecular weight is 177 g/mol. The van der Waals surface area contributed by atoms with Crippen molar-refractivity contribution in [3.63, 3.8) is 0 Å². The molecule has 0 aliphatic rings. The monoisotopic (exact) mass is 177 g/mol. The number of rotatable bonds is 1. The molecule has 3 nitrogen and oxygen atoms in total. The molecule has 11 heavy (non-hydrogen) atoms. The van der Waals surface area contributed by atoms with Crippen molar-refractivity contribution in [2.45, 2.75) is 0 Å². The normalized spacial score (nSPS) is 8.45. The van der Waals surface area contributed by atoms with Crippen LogP contribution in [0.25, 0.3) is 0 Å². The Kier molecular flexibility index (Phi) is 5.12. The fraction of sp³-hybridized carbons (Fsp3) is 0.143. The maximum atomic E-state index is 10.7. The van der Waals surface area contributed by atoms with E-state index in [-0.39, 0.29) is 62.8 Å². The molecule has 2 N–H and O–H groups in total. The predicted molar refractivity (Wildman–Crippen MR) is 36.9 cm³/mol. The zero-order valence-electron chi connectivity index (χ0n) is 6.63. The van der Waals surface area contributed by atoms with Gasteiger partial charge in [-0.25, -0.2) is 0 Å². The molecule has 0 saturated carbocycles. The summed E-state index contributed by atoms with van der Waals surface area (Å²) in [4.78, 5) is 0. The van der Waals surface area contributed by atoms with Crippen molar-refractivity contribution in [2.24, 2.45) is 0 Å². The Balaban J connectivity index is 0.000001000. The van der Waals surface area contributed by atoms with E-state index in [4.69, 9.17) is 10.5 Å². The van der Waals surface area contributed by atoms with Crippen molar-refractivity contribution in [3.8, 4) is 11.5 Å². The summed E-state index contributed by atoms with van der Waals surface area (Å²) in [5, 5.41) is 10.7. The molecule has 0 fully saturated rings. The van der Waals surface area contributed by atoms with Crippen LogP contribution in [0.2, 0.25) is 0 Å². The van der Waals surface area contributed by atoms with E-state index in [9.17, 15) is 5.11 Å². The van der Waals surface area contributed by atoms with Gasteiger partial charge >= 0.3 is 51.4 Å². The Morgan fingerprint density at radius 3 is 2.55 bits per heavy atom. The molecule has 0 bridgehead atoms. The minimum absolute atomic E-state index is 0. The minimum Gasteiger partial charge on any atom is -0.871 e. The zero-order chi connectivity index (χ0) is 7.56. The Labute approximate surface area is 108 Å². The number of anilines is 1. The second kappa shape index (κ2) is 5.00. The van der Waals surface area contributed by atoms with Gasteiger partial charge in [0.25, 0.3) is 0 Å². The van der Waals surface area contributed by atoms with Crippen LogP contribution in [0.5, 0.6) is 11.5 Å². The summed E-state index contributed by atoms with van der Waals surface area (Å²) in [6.07, 6.45) is 0. The number of hydrogen-bond donors (Lipinski definition) is 1. The van der Waals surface area contributed by atoms with Crippen LogP contribution in [0.15, 0.2) is 18.2 Å². The van der Waals surface area contributed by atoms with Crippen molar-refractivity contribution >= 4 is 5.69 Å². The Bertz CT molecular complexity index is 240. The molecular formula is C7H8KNO2. The average Bonchev–Trinajstić information content (AvgIpc) is 1.95. The molecular weight excluding hydrogens is 169 g/mol. The third-order valence-corrected chi connectivity index (χ3v) is 1.22. The van der Waals surface area contributed by atoms with Gasteiger partial charge in [-0.05, 0) is 6.07 Å². The van der Waals surface area contributed by atoms with Crippen molar-refractivity contribution < 1.29 is 61.2 Å². The largest absolute Gasteiger partial charge is 1.00 e. The third-order valence-electron chi connectivity index (χ3n) is 1.22. The fourth-order valence-electron chi connectivity index (χ4n) is 0.654. The molecule has 0 aromatic heterocycles. The van der Waals surface area contributed by atoms with E-state index >= 15 is 0 Å². The predicted octanol–water partition coefficient (Wildman–Crippen LogP) is -2.64. The molecule has 54 valence electrons. The van der Waals surface area contributed by atoms with Crippen LogP contribution >= 0.6 is 0 Å². The molecule has 0 heterocycles. The summed E-state index contributed by atoms with van der Waals surface area (Å²) in [6.45, 7) is 0. The van der Waals surface area contributed by atoms with Gasteiger partial charge in [0.2, 0.25) is 0 Å². The number of hydrogen-bond acceptors (Lipinski definition) is 3. The first kappa shape index (κ1) is 11.3. The number of nitrogen functional groups attached to an aromatic ring is 1. The fourth-order valence-corrected chi connectivity index (χ4v) is 0.654. The molecule has 0 unspecified atom stereocenters. The first-order valence-electron chi connectivity index (χ1n) is 2.84. The quantitative estimate of drug-likeness (QED) is 0.377. The van der Waals surface area contributed by atoms with Gasteiger partial charge in [-0.2, -0.15) is 0 Å². The second-order valence-electron chi connectivity index (χ2n) is 1.90. The standard InChI is InChI=1S/C7H9NO2.K/c1-10-5-2-3-7(9)6(8)4-5;/h2-4,9H,8H2,1H3;/q;+1/p-1. The van der Waals surface area contributed by atoms with Gasteiger partial charge in [0.1, 0.15) is 5.75 Å². The van der Waals surface area contributed by atoms with Gasteiger partial charge in [-0.1, -0.05) is 11.8 Å². The van der Waals surface area contributed by atoms with E-state index in [1.54, 1.807) is 6.07 Å². The van der Waals surface area contributed by atoms with Gasteiger partial charge in [-0.15, -0.1) is 0 Å². The maximum Gasteiger partial charge on any atom is 1.00 e. The molecule has 0 aliphatic heterocycles. The smallest absolute Gasteiger partial charge is 0.871 e. The number of benzene rings is 1. The summed E-state index contributed by atoms with van der Waals surface area (Å²) in [7, 11) is 1.53. The summed E-state index contributed by atoms with van der Waals surface area (Å²) >= 11 is 0. The van der Waals surface area contributed by atoms with Gasteiger partial charge in [0.15, 0.2) is 0 Å². The molecule has 1 aromatic rings. The molecule has 0 aliphatic carbocycles. The Morgan fingerprint density at radius 2 is 2.09 bits per heavy atom. The molecule has 0 saturated heterocycles. The second-order valence-corrected chi connectivity index (χ2v) is 1.90. The molecule has 0 amide bonds. The SMILES string of the molecule is COc1ccc([O-])c(N)c1.[K+]. The van der Waals surface area contributed by atoms with Crippen LogP contribution < -0.4 is 67.0 Å². The van der Waals surface area contributed by atoms with Crippen molar-refractivity contribution in [1.29, 1.82) is 0 Å². The van der Waals surface area contributed by atoms with Crippen molar-refractivity contribution in [3.05, 3.63) is 18.2 Å². The number of methoxy groups -OCH3 is 1. The van der Waals surface area contributed by atoms with E-state index in [1.165, 1.54) is 19.2 Å². The van der Waals surface area contributed by atoms with Crippen LogP contribution in [0.1, 0.15) is 0 Å². The van der Waals surface area contributed by atoms with Gasteiger partial charge in [0.05, 0.1) is 7.11 Å². The number of nitrogens with two attached hydrogens (primary N) is 1. The van der Waals surface area contributed by atoms with E-state index in [2.05, 4.69) is 0 Å². The molecule has 0 spiro atoms. The Hall–Kier alpha value is 0.256. The topological polar surface area (TPSA) is 58.3 Å². The van der Waals surface area contributed by atoms with E-state index in [0.29, 0.717) is 5.75 Å². The third kappa shape index (κ3) is 3.00. The van der Waals surface area contributed by atoms with E-state index in [1.807, 2.05) is 0 Å². The summed E-state index contributed by atoms with van der Waals surface area (Å²) < 4.78 is 4.83. The molecule has 0 radical (unpaired) electrons. The van der Waals surface area contributed by atoms with Crippen LogP contribution in [-0.4, -0.2) is 7.11 Å². The van der Waals surface area contributed by atoms with Crippen molar-refractivity contribution in [1.82, 2.24) is 0 Å². The van der Waals surface area contributed by atoms with Crippen LogP contribution in [0.4, 0.5) is 5.69 Å². The van der Waals surface area contributed by atoms with E-state index < -0.39 is 0 Å². The first-order chi connectivity index (χ1) is 4.74. The van der Waals surface area contributed by atoms with Gasteiger partial charge < -0.3 is 15.6 Å². The van der Waals surface area contributed by atoms with Crippen LogP contribution in [-0.2, 0) is 0 Å². The molecule has 1 aromatic carbocycles. The minimum atomic E-state index is -0.166. The first-order valence-corrected chi connectivity index (χ1v) is 2.84. The summed E-state index contributed by atoms with van der Waals surface area (Å²) in [5.41, 5.74) is 5.53. The molecule has 0 atom stereocenters.